The third kappa shape index (κ3) is 5.76. The Morgan fingerprint density at radius 3 is 2.27 bits per heavy atom. The number of rotatable bonds is 4. The highest BCUT2D eigenvalue weighted by molar-refractivity contribution is 6.30. The molecule has 0 unspecified atom stereocenters. The lowest BCUT2D eigenvalue weighted by atomic mass is 9.98. The summed E-state index contributed by atoms with van der Waals surface area (Å²) < 4.78 is 91.2. The minimum Gasteiger partial charge on any atom is -0.496 e. The van der Waals surface area contributed by atoms with Gasteiger partial charge in [0.05, 0.1) is 24.8 Å². The monoisotopic (exact) mass is 544 g/mol. The van der Waals surface area contributed by atoms with E-state index in [2.05, 4.69) is 4.98 Å². The van der Waals surface area contributed by atoms with Gasteiger partial charge in [-0.25, -0.2) is 4.98 Å². The molecule has 4 rings (SSSR count). The van der Waals surface area contributed by atoms with E-state index >= 15 is 0 Å². The molecule has 0 bridgehead atoms. The van der Waals surface area contributed by atoms with Crippen molar-refractivity contribution in [1.29, 1.82) is 0 Å². The summed E-state index contributed by atoms with van der Waals surface area (Å²) in [4.78, 5) is 19.0. The van der Waals surface area contributed by atoms with Crippen molar-refractivity contribution in [3.63, 3.8) is 0 Å². The Balaban J connectivity index is 1.82. The molecule has 1 aromatic heterocycles. The predicted molar refractivity (Wildman–Crippen MR) is 123 cm³/mol. The Kier molecular flexibility index (Phi) is 7.27. The highest BCUT2D eigenvalue weighted by Gasteiger charge is 2.37. The molecule has 1 aliphatic rings. The molecule has 0 aliphatic carbocycles. The first-order valence-electron chi connectivity index (χ1n) is 10.9. The minimum absolute atomic E-state index is 0.0177. The summed E-state index contributed by atoms with van der Waals surface area (Å²) in [6, 6.07) is 9.43. The van der Waals surface area contributed by atoms with Crippen LogP contribution in [0, 0.1) is 0 Å². The first-order chi connectivity index (χ1) is 17.4. The smallest absolute Gasteiger partial charge is 0.416 e. The second kappa shape index (κ2) is 10.1. The first-order valence-corrected chi connectivity index (χ1v) is 11.3. The Hall–Kier alpha value is -3.47. The van der Waals surface area contributed by atoms with Gasteiger partial charge in [-0.3, -0.25) is 4.79 Å². The SMILES string of the molecule is COc1ccccc1-c1cc(Cl)nc2c1C(=O)N(Cc1cc(C(F)(F)F)cc(C(F)(F)F)c1)CCCO2. The van der Waals surface area contributed by atoms with Crippen LogP contribution in [-0.4, -0.2) is 36.1 Å². The Morgan fingerprint density at radius 1 is 1.00 bits per heavy atom. The topological polar surface area (TPSA) is 51.7 Å². The van der Waals surface area contributed by atoms with E-state index < -0.39 is 35.9 Å². The molecule has 0 saturated heterocycles. The molecule has 0 atom stereocenters. The van der Waals surface area contributed by atoms with Crippen molar-refractivity contribution in [3.05, 3.63) is 75.9 Å². The quantitative estimate of drug-likeness (QED) is 0.266. The molecule has 196 valence electrons. The maximum absolute atomic E-state index is 13.7. The van der Waals surface area contributed by atoms with E-state index in [9.17, 15) is 31.1 Å². The molecule has 2 heterocycles. The molecule has 1 amide bonds. The van der Waals surface area contributed by atoms with Crippen LogP contribution < -0.4 is 9.47 Å². The lowest BCUT2D eigenvalue weighted by Crippen LogP contribution is -2.35. The van der Waals surface area contributed by atoms with Crippen molar-refractivity contribution < 1.29 is 40.6 Å². The maximum atomic E-state index is 13.7. The molecule has 2 aromatic carbocycles. The zero-order valence-electron chi connectivity index (χ0n) is 19.2. The molecule has 3 aromatic rings. The van der Waals surface area contributed by atoms with Crippen molar-refractivity contribution in [3.8, 4) is 22.8 Å². The molecule has 5 nitrogen and oxygen atoms in total. The van der Waals surface area contributed by atoms with Gasteiger partial charge in [-0.05, 0) is 42.3 Å². The van der Waals surface area contributed by atoms with Crippen LogP contribution in [-0.2, 0) is 18.9 Å². The number of amides is 1. The van der Waals surface area contributed by atoms with Crippen molar-refractivity contribution in [2.75, 3.05) is 20.3 Å². The normalized spacial score (nSPS) is 14.5. The fourth-order valence-electron chi connectivity index (χ4n) is 4.05. The van der Waals surface area contributed by atoms with Gasteiger partial charge < -0.3 is 14.4 Å². The third-order valence-corrected chi connectivity index (χ3v) is 5.88. The molecular formula is C25H19ClF6N2O3. The lowest BCUT2D eigenvalue weighted by Gasteiger charge is -2.28. The van der Waals surface area contributed by atoms with Crippen LogP contribution in [0.1, 0.15) is 33.5 Å². The number of halogens is 7. The number of hydrogen-bond donors (Lipinski definition) is 0. The van der Waals surface area contributed by atoms with Gasteiger partial charge in [-0.2, -0.15) is 26.3 Å². The Morgan fingerprint density at radius 2 is 1.65 bits per heavy atom. The van der Waals surface area contributed by atoms with Gasteiger partial charge in [0.15, 0.2) is 0 Å². The van der Waals surface area contributed by atoms with E-state index in [0.717, 1.165) is 0 Å². The number of benzene rings is 2. The number of carbonyl (C=O) groups excluding carboxylic acids is 1. The predicted octanol–water partition coefficient (Wildman–Crippen LogP) is 6.87. The number of carbonyl (C=O) groups is 1. The zero-order valence-corrected chi connectivity index (χ0v) is 20.0. The largest absolute Gasteiger partial charge is 0.496 e. The summed E-state index contributed by atoms with van der Waals surface area (Å²) >= 11 is 6.19. The Bertz CT molecular complexity index is 1290. The second-order valence-corrected chi connectivity index (χ2v) is 8.60. The Labute approximate surface area is 212 Å². The fourth-order valence-corrected chi connectivity index (χ4v) is 4.23. The molecule has 0 N–H and O–H groups in total. The number of hydrogen-bond acceptors (Lipinski definition) is 4. The van der Waals surface area contributed by atoms with E-state index in [1.807, 2.05) is 0 Å². The molecular weight excluding hydrogens is 526 g/mol. The molecule has 1 aliphatic heterocycles. The molecule has 0 spiro atoms. The van der Waals surface area contributed by atoms with Crippen molar-refractivity contribution >= 4 is 17.5 Å². The number of aromatic nitrogens is 1. The van der Waals surface area contributed by atoms with E-state index in [0.29, 0.717) is 29.0 Å². The van der Waals surface area contributed by atoms with Crippen LogP contribution in [0.4, 0.5) is 26.3 Å². The summed E-state index contributed by atoms with van der Waals surface area (Å²) in [5.41, 5.74) is -2.49. The van der Waals surface area contributed by atoms with Crippen LogP contribution in [0.25, 0.3) is 11.1 Å². The van der Waals surface area contributed by atoms with Crippen LogP contribution >= 0.6 is 11.6 Å². The van der Waals surface area contributed by atoms with Gasteiger partial charge >= 0.3 is 12.4 Å². The summed E-state index contributed by atoms with van der Waals surface area (Å²) in [5.74, 6) is -0.380. The third-order valence-electron chi connectivity index (χ3n) is 5.69. The fraction of sp³-hybridized carbons (Fsp3) is 0.280. The molecule has 0 saturated carbocycles. The van der Waals surface area contributed by atoms with Crippen molar-refractivity contribution in [2.45, 2.75) is 25.3 Å². The van der Waals surface area contributed by atoms with Crippen molar-refractivity contribution in [1.82, 2.24) is 9.88 Å². The van der Waals surface area contributed by atoms with Gasteiger partial charge in [0, 0.05) is 24.2 Å². The van der Waals surface area contributed by atoms with Gasteiger partial charge in [0.2, 0.25) is 5.88 Å². The number of methoxy groups -OCH3 is 1. The van der Waals surface area contributed by atoms with Gasteiger partial charge in [0.1, 0.15) is 16.5 Å². The highest BCUT2D eigenvalue weighted by atomic mass is 35.5. The summed E-state index contributed by atoms with van der Waals surface area (Å²) in [5, 5.41) is 0.0206. The van der Waals surface area contributed by atoms with E-state index in [4.69, 9.17) is 21.1 Å². The molecule has 0 fully saturated rings. The maximum Gasteiger partial charge on any atom is 0.416 e. The van der Waals surface area contributed by atoms with Gasteiger partial charge in [0.25, 0.3) is 5.91 Å². The second-order valence-electron chi connectivity index (χ2n) is 8.22. The number of ether oxygens (including phenoxy) is 2. The molecule has 0 radical (unpaired) electrons. The number of fused-ring (bicyclic) bond motifs is 1. The first kappa shape index (κ1) is 26.6. The van der Waals surface area contributed by atoms with Crippen LogP contribution in [0.2, 0.25) is 5.15 Å². The lowest BCUT2D eigenvalue weighted by molar-refractivity contribution is -0.143. The number of para-hydroxylation sites is 1. The molecule has 12 heteroatoms. The molecule has 37 heavy (non-hydrogen) atoms. The summed E-state index contributed by atoms with van der Waals surface area (Å²) in [7, 11) is 1.43. The standard InChI is InChI=1S/C25H19ClF6N2O3/c1-36-19-6-3-2-5-17(19)18-12-20(26)33-22-21(18)23(35)34(7-4-8-37-22)13-14-9-15(24(27,28)29)11-16(10-14)25(30,31)32/h2-3,5-6,9-12H,4,7-8,13H2,1H3. The van der Waals surface area contributed by atoms with E-state index in [-0.39, 0.29) is 47.8 Å². The van der Waals surface area contributed by atoms with Crippen molar-refractivity contribution in [2.24, 2.45) is 0 Å². The van der Waals surface area contributed by atoms with E-state index in [1.165, 1.54) is 18.1 Å². The average Bonchev–Trinajstić information content (AvgIpc) is 2.83. The zero-order chi connectivity index (χ0) is 27.0. The number of nitrogens with zero attached hydrogens (tertiary/aromatic N) is 2. The van der Waals surface area contributed by atoms with Crippen LogP contribution in [0.5, 0.6) is 11.6 Å². The number of alkyl halides is 6. The van der Waals surface area contributed by atoms with Crippen LogP contribution in [0.3, 0.4) is 0 Å². The van der Waals surface area contributed by atoms with E-state index in [1.54, 1.807) is 24.3 Å². The highest BCUT2D eigenvalue weighted by Crippen LogP contribution is 2.40. The van der Waals surface area contributed by atoms with Gasteiger partial charge in [-0.15, -0.1) is 0 Å². The van der Waals surface area contributed by atoms with Crippen LogP contribution in [0.15, 0.2) is 48.5 Å². The average molecular weight is 545 g/mol. The summed E-state index contributed by atoms with van der Waals surface area (Å²) in [6.45, 7) is -0.394. The van der Waals surface area contributed by atoms with Gasteiger partial charge in [-0.1, -0.05) is 29.8 Å². The minimum atomic E-state index is -5.01. The summed E-state index contributed by atoms with van der Waals surface area (Å²) in [6.07, 6.45) is -9.75. The number of pyridine rings is 1.